The monoisotopic (exact) mass is 364 g/mol. The first-order chi connectivity index (χ1) is 12.5. The minimum Gasteiger partial charge on any atom is -0.494 e. The average Bonchev–Trinajstić information content (AvgIpc) is 3.10. The lowest BCUT2D eigenvalue weighted by molar-refractivity contribution is -0.137. The fourth-order valence-corrected chi connectivity index (χ4v) is 3.31. The molecule has 138 valence electrons. The summed E-state index contributed by atoms with van der Waals surface area (Å²) in [5.74, 6) is 0.701. The van der Waals surface area contributed by atoms with Gasteiger partial charge in [-0.05, 0) is 30.5 Å². The van der Waals surface area contributed by atoms with Gasteiger partial charge in [0.15, 0.2) is 5.69 Å². The summed E-state index contributed by atoms with van der Waals surface area (Å²) in [5.41, 5.74) is -0.597. The van der Waals surface area contributed by atoms with Crippen molar-refractivity contribution in [1.82, 2.24) is 15.4 Å². The smallest absolute Gasteiger partial charge is 0.416 e. The first-order valence-electron chi connectivity index (χ1n) is 8.64. The number of nitriles is 1. The molecular weight excluding hydrogens is 345 g/mol. The van der Waals surface area contributed by atoms with Crippen molar-refractivity contribution in [3.8, 4) is 23.1 Å². The van der Waals surface area contributed by atoms with E-state index in [9.17, 15) is 13.2 Å². The fourth-order valence-electron chi connectivity index (χ4n) is 3.31. The molecule has 8 heteroatoms. The third-order valence-electron chi connectivity index (χ3n) is 4.69. The third-order valence-corrected chi connectivity index (χ3v) is 4.69. The second-order valence-electron chi connectivity index (χ2n) is 6.53. The Labute approximate surface area is 149 Å². The van der Waals surface area contributed by atoms with E-state index in [-0.39, 0.29) is 22.7 Å². The number of nitrogens with zero attached hydrogens (tertiary/aromatic N) is 3. The number of hydrogen-bond acceptors (Lipinski definition) is 4. The Morgan fingerprint density at radius 2 is 1.96 bits per heavy atom. The van der Waals surface area contributed by atoms with Crippen LogP contribution in [0.3, 0.4) is 0 Å². The minimum atomic E-state index is -4.52. The summed E-state index contributed by atoms with van der Waals surface area (Å²) in [7, 11) is 0. The molecule has 1 saturated carbocycles. The Hall–Kier alpha value is -2.56. The Kier molecular flexibility index (Phi) is 5.45. The van der Waals surface area contributed by atoms with Crippen molar-refractivity contribution in [2.45, 2.75) is 44.7 Å². The predicted molar refractivity (Wildman–Crippen MR) is 88.2 cm³/mol. The number of rotatable bonds is 5. The molecule has 5 nitrogen and oxygen atoms in total. The van der Waals surface area contributed by atoms with Crippen molar-refractivity contribution in [3.05, 3.63) is 29.5 Å². The minimum absolute atomic E-state index is 0.0116. The van der Waals surface area contributed by atoms with Gasteiger partial charge in [0.05, 0.1) is 12.2 Å². The van der Waals surface area contributed by atoms with Crippen LogP contribution in [-0.4, -0.2) is 22.0 Å². The molecule has 1 N–H and O–H groups in total. The van der Waals surface area contributed by atoms with Gasteiger partial charge in [-0.2, -0.15) is 18.4 Å². The zero-order chi connectivity index (χ0) is 18.6. The summed E-state index contributed by atoms with van der Waals surface area (Å²) in [6, 6.07) is 5.24. The van der Waals surface area contributed by atoms with Crippen LogP contribution in [0.5, 0.6) is 5.75 Å². The van der Waals surface area contributed by atoms with Crippen LogP contribution in [0, 0.1) is 17.2 Å². The number of alkyl halides is 3. The summed E-state index contributed by atoms with van der Waals surface area (Å²) in [6.07, 6.45) is 2.30. The van der Waals surface area contributed by atoms with Crippen LogP contribution in [0.25, 0.3) is 11.3 Å². The molecule has 0 atom stereocenters. The van der Waals surface area contributed by atoms with Crippen molar-refractivity contribution in [2.75, 3.05) is 6.61 Å². The van der Waals surface area contributed by atoms with E-state index in [4.69, 9.17) is 10.00 Å². The zero-order valence-electron chi connectivity index (χ0n) is 14.1. The lowest BCUT2D eigenvalue weighted by Crippen LogP contribution is -2.11. The highest BCUT2D eigenvalue weighted by molar-refractivity contribution is 5.66. The SMILES string of the molecule is N#Cc1[nH]nnc1-c1cc(OCCC2CCCCC2)cc(C(F)(F)F)c1. The first kappa shape index (κ1) is 18.2. The maximum atomic E-state index is 13.2. The molecule has 0 unspecified atom stereocenters. The maximum Gasteiger partial charge on any atom is 0.416 e. The van der Waals surface area contributed by atoms with Gasteiger partial charge >= 0.3 is 6.18 Å². The summed E-state index contributed by atoms with van der Waals surface area (Å²) >= 11 is 0. The number of benzene rings is 1. The third kappa shape index (κ3) is 4.34. The highest BCUT2D eigenvalue weighted by atomic mass is 19.4. The molecule has 1 aliphatic carbocycles. The van der Waals surface area contributed by atoms with Gasteiger partial charge in [-0.25, -0.2) is 5.10 Å². The predicted octanol–water partition coefficient (Wildman–Crippen LogP) is 4.71. The molecule has 26 heavy (non-hydrogen) atoms. The van der Waals surface area contributed by atoms with Gasteiger partial charge in [-0.15, -0.1) is 5.10 Å². The fraction of sp³-hybridized carbons (Fsp3) is 0.500. The highest BCUT2D eigenvalue weighted by Crippen LogP contribution is 2.36. The quantitative estimate of drug-likeness (QED) is 0.834. The molecule has 0 spiro atoms. The molecule has 0 amide bonds. The molecule has 2 aromatic rings. The van der Waals surface area contributed by atoms with Gasteiger partial charge in [0.1, 0.15) is 17.5 Å². The standard InChI is InChI=1S/C18H19F3N4O/c19-18(20,21)14-8-13(17-16(11-22)23-25-24-17)9-15(10-14)26-7-6-12-4-2-1-3-5-12/h8-10,12H,1-7H2,(H,23,24,25). The Balaban J connectivity index is 1.80. The van der Waals surface area contributed by atoms with E-state index in [0.29, 0.717) is 12.5 Å². The van der Waals surface area contributed by atoms with Gasteiger partial charge in [0, 0.05) is 5.56 Å². The Morgan fingerprint density at radius 1 is 1.19 bits per heavy atom. The van der Waals surface area contributed by atoms with E-state index in [2.05, 4.69) is 15.4 Å². The number of hydrogen-bond donors (Lipinski definition) is 1. The van der Waals surface area contributed by atoms with Crippen molar-refractivity contribution in [1.29, 1.82) is 5.26 Å². The second-order valence-corrected chi connectivity index (χ2v) is 6.53. The van der Waals surface area contributed by atoms with Crippen molar-refractivity contribution >= 4 is 0 Å². The molecule has 3 rings (SSSR count). The van der Waals surface area contributed by atoms with E-state index >= 15 is 0 Å². The highest BCUT2D eigenvalue weighted by Gasteiger charge is 2.32. The summed E-state index contributed by atoms with van der Waals surface area (Å²) < 4.78 is 45.3. The van der Waals surface area contributed by atoms with E-state index in [1.165, 1.54) is 25.3 Å². The molecule has 0 saturated heterocycles. The largest absolute Gasteiger partial charge is 0.494 e. The van der Waals surface area contributed by atoms with Crippen LogP contribution < -0.4 is 4.74 Å². The summed E-state index contributed by atoms with van der Waals surface area (Å²) in [6.45, 7) is 0.370. The van der Waals surface area contributed by atoms with Gasteiger partial charge in [0.25, 0.3) is 0 Å². The topological polar surface area (TPSA) is 74.6 Å². The number of H-pyrrole nitrogens is 1. The van der Waals surface area contributed by atoms with Crippen LogP contribution >= 0.6 is 0 Å². The van der Waals surface area contributed by atoms with E-state index in [0.717, 1.165) is 31.4 Å². The van der Waals surface area contributed by atoms with Gasteiger partial charge in [-0.1, -0.05) is 37.3 Å². The second kappa shape index (κ2) is 7.77. The van der Waals surface area contributed by atoms with E-state index in [1.807, 2.05) is 6.07 Å². The molecule has 1 aromatic carbocycles. The van der Waals surface area contributed by atoms with Crippen molar-refractivity contribution in [3.63, 3.8) is 0 Å². The number of ether oxygens (including phenoxy) is 1. The van der Waals surface area contributed by atoms with Gasteiger partial charge < -0.3 is 4.74 Å². The number of aromatic nitrogens is 3. The van der Waals surface area contributed by atoms with Crippen molar-refractivity contribution < 1.29 is 17.9 Å². The van der Waals surface area contributed by atoms with Crippen LogP contribution in [0.1, 0.15) is 49.8 Å². The zero-order valence-corrected chi connectivity index (χ0v) is 14.1. The summed E-state index contributed by atoms with van der Waals surface area (Å²) in [5, 5.41) is 18.6. The van der Waals surface area contributed by atoms with Gasteiger partial charge in [-0.3, -0.25) is 0 Å². The molecule has 1 heterocycles. The normalized spacial score (nSPS) is 15.6. The van der Waals surface area contributed by atoms with Crippen LogP contribution in [0.4, 0.5) is 13.2 Å². The number of aromatic amines is 1. The van der Waals surface area contributed by atoms with E-state index in [1.54, 1.807) is 0 Å². The number of halogens is 3. The maximum absolute atomic E-state index is 13.2. The van der Waals surface area contributed by atoms with Crippen LogP contribution in [0.15, 0.2) is 18.2 Å². The molecule has 0 aliphatic heterocycles. The Morgan fingerprint density at radius 3 is 2.65 bits per heavy atom. The molecule has 0 bridgehead atoms. The summed E-state index contributed by atoms with van der Waals surface area (Å²) in [4.78, 5) is 0. The lowest BCUT2D eigenvalue weighted by Gasteiger charge is -2.21. The lowest BCUT2D eigenvalue weighted by atomic mass is 9.87. The van der Waals surface area contributed by atoms with Crippen molar-refractivity contribution in [2.24, 2.45) is 5.92 Å². The molecule has 1 aromatic heterocycles. The van der Waals surface area contributed by atoms with Gasteiger partial charge in [0.2, 0.25) is 0 Å². The molecule has 1 aliphatic rings. The first-order valence-corrected chi connectivity index (χ1v) is 8.64. The van der Waals surface area contributed by atoms with E-state index < -0.39 is 11.7 Å². The van der Waals surface area contributed by atoms with Crippen LogP contribution in [-0.2, 0) is 6.18 Å². The molecule has 0 radical (unpaired) electrons. The molecule has 1 fully saturated rings. The average molecular weight is 364 g/mol. The Bertz CT molecular complexity index is 788. The number of nitrogens with one attached hydrogen (secondary N) is 1. The molecular formula is C18H19F3N4O. The van der Waals surface area contributed by atoms with Crippen LogP contribution in [0.2, 0.25) is 0 Å².